The number of likely N-dealkylation sites (tertiary alicyclic amines) is 1. The van der Waals surface area contributed by atoms with Gasteiger partial charge in [-0.2, -0.15) is 0 Å². The molecule has 0 atom stereocenters. The second-order valence-electron chi connectivity index (χ2n) is 8.30. The van der Waals surface area contributed by atoms with Gasteiger partial charge in [0.1, 0.15) is 23.6 Å². The highest BCUT2D eigenvalue weighted by Crippen LogP contribution is 2.24. The minimum atomic E-state index is -0.454. The number of carbonyl (C=O) groups excluding carboxylic acids is 1. The number of aryl methyl sites for hydroxylation is 1. The van der Waals surface area contributed by atoms with Gasteiger partial charge < -0.3 is 15.0 Å². The van der Waals surface area contributed by atoms with Crippen LogP contribution in [0.15, 0.2) is 30.7 Å². The third kappa shape index (κ3) is 5.65. The number of nitrogens with one attached hydrogen (secondary N) is 1. The van der Waals surface area contributed by atoms with Gasteiger partial charge in [-0.1, -0.05) is 6.07 Å². The molecule has 0 unspecified atom stereocenters. The second kappa shape index (κ2) is 8.54. The zero-order valence-corrected chi connectivity index (χ0v) is 17.1. The van der Waals surface area contributed by atoms with Gasteiger partial charge in [0.05, 0.1) is 0 Å². The molecule has 0 radical (unpaired) electrons. The molecule has 0 bridgehead atoms. The number of rotatable bonds is 4. The first kappa shape index (κ1) is 20.0. The highest BCUT2D eigenvalue weighted by atomic mass is 16.6. The second-order valence-corrected chi connectivity index (χ2v) is 8.30. The molecule has 7 heteroatoms. The van der Waals surface area contributed by atoms with Crippen LogP contribution in [0.4, 0.5) is 16.4 Å². The SMILES string of the molecule is Cc1cccnc1Nc1cc(CC2CCN(C(=O)OC(C)(C)C)CC2)ncn1. The van der Waals surface area contributed by atoms with E-state index in [0.717, 1.165) is 55.2 Å². The molecule has 1 aliphatic rings. The molecule has 1 saturated heterocycles. The molecule has 150 valence electrons. The summed E-state index contributed by atoms with van der Waals surface area (Å²) in [7, 11) is 0. The highest BCUT2D eigenvalue weighted by Gasteiger charge is 2.27. The van der Waals surface area contributed by atoms with Gasteiger partial charge in [-0.05, 0) is 64.5 Å². The number of piperidine rings is 1. The molecule has 3 heterocycles. The summed E-state index contributed by atoms with van der Waals surface area (Å²) in [5, 5.41) is 3.26. The number of ether oxygens (including phenoxy) is 1. The fourth-order valence-electron chi connectivity index (χ4n) is 3.26. The summed E-state index contributed by atoms with van der Waals surface area (Å²) in [6, 6.07) is 5.90. The van der Waals surface area contributed by atoms with Crippen LogP contribution in [0.3, 0.4) is 0 Å². The van der Waals surface area contributed by atoms with Crippen molar-refractivity contribution in [3.8, 4) is 0 Å². The van der Waals surface area contributed by atoms with Crippen molar-refractivity contribution >= 4 is 17.7 Å². The first-order valence-electron chi connectivity index (χ1n) is 9.77. The Morgan fingerprint density at radius 1 is 1.25 bits per heavy atom. The van der Waals surface area contributed by atoms with E-state index in [0.29, 0.717) is 5.92 Å². The molecule has 1 fully saturated rings. The Morgan fingerprint density at radius 2 is 2.00 bits per heavy atom. The molecule has 1 aliphatic heterocycles. The summed E-state index contributed by atoms with van der Waals surface area (Å²) in [5.74, 6) is 2.05. The van der Waals surface area contributed by atoms with E-state index < -0.39 is 5.60 Å². The lowest BCUT2D eigenvalue weighted by Gasteiger charge is -2.33. The maximum absolute atomic E-state index is 12.2. The number of hydrogen-bond donors (Lipinski definition) is 1. The van der Waals surface area contributed by atoms with E-state index in [1.807, 2.05) is 45.9 Å². The molecule has 28 heavy (non-hydrogen) atoms. The number of hydrogen-bond acceptors (Lipinski definition) is 6. The summed E-state index contributed by atoms with van der Waals surface area (Å²) in [6.45, 7) is 9.14. The Kier molecular flexibility index (Phi) is 6.11. The number of aromatic nitrogens is 3. The Hall–Kier alpha value is -2.70. The van der Waals surface area contributed by atoms with Crippen molar-refractivity contribution in [2.75, 3.05) is 18.4 Å². The van der Waals surface area contributed by atoms with E-state index in [9.17, 15) is 4.79 Å². The van der Waals surface area contributed by atoms with Crippen LogP contribution in [-0.2, 0) is 11.2 Å². The van der Waals surface area contributed by atoms with Crippen molar-refractivity contribution in [2.24, 2.45) is 5.92 Å². The third-order valence-corrected chi connectivity index (χ3v) is 4.74. The van der Waals surface area contributed by atoms with Crippen molar-refractivity contribution in [3.05, 3.63) is 42.0 Å². The molecule has 1 N–H and O–H groups in total. The number of amides is 1. The Bertz CT molecular complexity index is 810. The van der Waals surface area contributed by atoms with Crippen LogP contribution in [0, 0.1) is 12.8 Å². The normalized spacial score (nSPS) is 15.4. The van der Waals surface area contributed by atoms with Crippen LogP contribution in [0.25, 0.3) is 0 Å². The predicted molar refractivity (Wildman–Crippen MR) is 109 cm³/mol. The van der Waals surface area contributed by atoms with Crippen LogP contribution in [-0.4, -0.2) is 44.6 Å². The molecular formula is C21H29N5O2. The highest BCUT2D eigenvalue weighted by molar-refractivity contribution is 5.68. The molecule has 2 aromatic rings. The first-order chi connectivity index (χ1) is 13.3. The van der Waals surface area contributed by atoms with E-state index in [4.69, 9.17) is 4.74 Å². The molecule has 0 aromatic carbocycles. The molecule has 0 aliphatic carbocycles. The fourth-order valence-corrected chi connectivity index (χ4v) is 3.26. The van der Waals surface area contributed by atoms with Gasteiger partial charge in [0.25, 0.3) is 0 Å². The summed E-state index contributed by atoms with van der Waals surface area (Å²) in [6.07, 6.45) is 5.91. The predicted octanol–water partition coefficient (Wildman–Crippen LogP) is 4.11. The molecular weight excluding hydrogens is 354 g/mol. The van der Waals surface area contributed by atoms with E-state index >= 15 is 0 Å². The van der Waals surface area contributed by atoms with Crippen molar-refractivity contribution in [1.29, 1.82) is 0 Å². The maximum atomic E-state index is 12.2. The molecule has 0 spiro atoms. The van der Waals surface area contributed by atoms with Crippen LogP contribution in [0.1, 0.15) is 44.9 Å². The van der Waals surface area contributed by atoms with Gasteiger partial charge in [0, 0.05) is 31.0 Å². The largest absolute Gasteiger partial charge is 0.444 e. The van der Waals surface area contributed by atoms with E-state index in [2.05, 4.69) is 20.3 Å². The Balaban J connectivity index is 1.54. The van der Waals surface area contributed by atoms with Crippen LogP contribution >= 0.6 is 0 Å². The van der Waals surface area contributed by atoms with Gasteiger partial charge in [-0.15, -0.1) is 0 Å². The number of nitrogens with zero attached hydrogens (tertiary/aromatic N) is 4. The quantitative estimate of drug-likeness (QED) is 0.856. The molecule has 7 nitrogen and oxygen atoms in total. The topological polar surface area (TPSA) is 80.2 Å². The Labute approximate surface area is 166 Å². The van der Waals surface area contributed by atoms with E-state index in [1.54, 1.807) is 17.4 Å². The lowest BCUT2D eigenvalue weighted by Crippen LogP contribution is -2.42. The third-order valence-electron chi connectivity index (χ3n) is 4.74. The lowest BCUT2D eigenvalue weighted by molar-refractivity contribution is 0.0184. The molecule has 2 aromatic heterocycles. The van der Waals surface area contributed by atoms with Gasteiger partial charge in [0.15, 0.2) is 0 Å². The summed E-state index contributed by atoms with van der Waals surface area (Å²) < 4.78 is 5.46. The average molecular weight is 383 g/mol. The van der Waals surface area contributed by atoms with E-state index in [-0.39, 0.29) is 6.09 Å². The summed E-state index contributed by atoms with van der Waals surface area (Å²) in [4.78, 5) is 27.1. The van der Waals surface area contributed by atoms with Gasteiger partial charge in [-0.3, -0.25) is 0 Å². The standard InChI is InChI=1S/C21H29N5O2/c1-15-6-5-9-22-19(15)25-18-13-17(23-14-24-18)12-16-7-10-26(11-8-16)20(27)28-21(2,3)4/h5-6,9,13-14,16H,7-8,10-12H2,1-4H3,(H,22,23,24,25). The summed E-state index contributed by atoms with van der Waals surface area (Å²) in [5.41, 5.74) is 1.61. The minimum absolute atomic E-state index is 0.217. The lowest BCUT2D eigenvalue weighted by atomic mass is 9.92. The van der Waals surface area contributed by atoms with E-state index in [1.165, 1.54) is 0 Å². The Morgan fingerprint density at radius 3 is 2.68 bits per heavy atom. The van der Waals surface area contributed by atoms with Crippen molar-refractivity contribution in [1.82, 2.24) is 19.9 Å². The number of pyridine rings is 1. The molecule has 1 amide bonds. The monoisotopic (exact) mass is 383 g/mol. The van der Waals surface area contributed by atoms with Crippen molar-refractivity contribution in [2.45, 2.75) is 52.6 Å². The number of carbonyl (C=O) groups is 1. The molecule has 0 saturated carbocycles. The van der Waals surface area contributed by atoms with Gasteiger partial charge >= 0.3 is 6.09 Å². The minimum Gasteiger partial charge on any atom is -0.444 e. The van der Waals surface area contributed by atoms with Crippen LogP contribution < -0.4 is 5.32 Å². The van der Waals surface area contributed by atoms with Crippen LogP contribution in [0.5, 0.6) is 0 Å². The zero-order valence-electron chi connectivity index (χ0n) is 17.1. The summed E-state index contributed by atoms with van der Waals surface area (Å²) >= 11 is 0. The number of anilines is 2. The van der Waals surface area contributed by atoms with Crippen LogP contribution in [0.2, 0.25) is 0 Å². The zero-order chi connectivity index (χ0) is 20.1. The smallest absolute Gasteiger partial charge is 0.410 e. The van der Waals surface area contributed by atoms with Gasteiger partial charge in [-0.25, -0.2) is 19.7 Å². The molecule has 3 rings (SSSR count). The van der Waals surface area contributed by atoms with Crippen molar-refractivity contribution in [3.63, 3.8) is 0 Å². The average Bonchev–Trinajstić information content (AvgIpc) is 2.63. The van der Waals surface area contributed by atoms with Gasteiger partial charge in [0.2, 0.25) is 0 Å². The first-order valence-corrected chi connectivity index (χ1v) is 9.77. The maximum Gasteiger partial charge on any atom is 0.410 e. The fraction of sp³-hybridized carbons (Fsp3) is 0.524. The van der Waals surface area contributed by atoms with Crippen molar-refractivity contribution < 1.29 is 9.53 Å².